The van der Waals surface area contributed by atoms with Crippen molar-refractivity contribution in [2.45, 2.75) is 156 Å². The standard InChI is InChI=1S/C43H72N2O6/c1-9-48-37(39(5,6)47)29-18-26(2)34-35(50-29)36(46)41(8)31-11-10-30-38(3,4)32(12-13-42(30)25-43(31,42)15-14-40(34,41)7)51-33-24-44(16-17-49-33)20-27-19-28-22-45(21-27)23-28/h26-37,46-47H,9-25H2,1-8H3/t26-,27?,29-,30+,31+,32+,33+,34+,35+,36+,37+,40-,41-,42-,43+/m1/s1. The van der Waals surface area contributed by atoms with Crippen molar-refractivity contribution in [3.63, 3.8) is 0 Å². The van der Waals surface area contributed by atoms with Gasteiger partial charge >= 0.3 is 0 Å². The molecule has 10 rings (SSSR count). The second-order valence-electron chi connectivity index (χ2n) is 21.5. The van der Waals surface area contributed by atoms with E-state index in [4.69, 9.17) is 18.9 Å². The molecule has 0 aromatic carbocycles. The zero-order valence-electron chi connectivity index (χ0n) is 33.4. The third-order valence-electron chi connectivity index (χ3n) is 18.3. The van der Waals surface area contributed by atoms with Gasteiger partial charge in [-0.15, -0.1) is 0 Å². The number of aliphatic hydroxyl groups is 2. The molecule has 5 saturated carbocycles. The first-order valence-corrected chi connectivity index (χ1v) is 21.5. The van der Waals surface area contributed by atoms with Crippen molar-refractivity contribution in [1.82, 2.24) is 9.80 Å². The lowest BCUT2D eigenvalue weighted by Crippen LogP contribution is -2.60. The van der Waals surface area contributed by atoms with E-state index in [2.05, 4.69) is 44.4 Å². The molecule has 15 atom stereocenters. The molecule has 0 aromatic heterocycles. The molecule has 2 spiro atoms. The van der Waals surface area contributed by atoms with E-state index in [0.717, 1.165) is 44.4 Å². The van der Waals surface area contributed by atoms with Gasteiger partial charge in [-0.3, -0.25) is 4.90 Å². The molecular formula is C43H72N2O6. The molecule has 2 N–H and O–H groups in total. The summed E-state index contributed by atoms with van der Waals surface area (Å²) in [6, 6.07) is 0. The van der Waals surface area contributed by atoms with Crippen LogP contribution in [0.15, 0.2) is 0 Å². The highest BCUT2D eigenvalue weighted by Gasteiger charge is 2.84. The molecule has 10 aliphatic rings. The van der Waals surface area contributed by atoms with E-state index in [1.54, 1.807) is 0 Å². The maximum absolute atomic E-state index is 12.7. The second kappa shape index (κ2) is 12.1. The first-order valence-electron chi connectivity index (χ1n) is 21.5. The maximum Gasteiger partial charge on any atom is 0.170 e. The fourth-order valence-electron chi connectivity index (χ4n) is 16.2. The van der Waals surface area contributed by atoms with E-state index in [0.29, 0.717) is 41.1 Å². The zero-order valence-corrected chi connectivity index (χ0v) is 33.4. The van der Waals surface area contributed by atoms with Crippen LogP contribution in [0.25, 0.3) is 0 Å². The molecule has 0 radical (unpaired) electrons. The molecule has 1 unspecified atom stereocenters. The summed E-state index contributed by atoms with van der Waals surface area (Å²) >= 11 is 0. The predicted octanol–water partition coefficient (Wildman–Crippen LogP) is 5.97. The Morgan fingerprint density at radius 2 is 1.69 bits per heavy atom. The van der Waals surface area contributed by atoms with Crippen LogP contribution >= 0.6 is 0 Å². The van der Waals surface area contributed by atoms with Gasteiger partial charge in [-0.2, -0.15) is 0 Å². The Labute approximate surface area is 309 Å². The fraction of sp³-hybridized carbons (Fsp3) is 1.00. The Kier molecular flexibility index (Phi) is 8.61. The van der Waals surface area contributed by atoms with Gasteiger partial charge in [0, 0.05) is 51.3 Å². The Hall–Kier alpha value is -0.320. The zero-order chi connectivity index (χ0) is 35.9. The van der Waals surface area contributed by atoms with Crippen molar-refractivity contribution in [2.75, 3.05) is 52.5 Å². The van der Waals surface area contributed by atoms with Gasteiger partial charge in [-0.25, -0.2) is 0 Å². The highest BCUT2D eigenvalue weighted by atomic mass is 16.7. The van der Waals surface area contributed by atoms with Crippen molar-refractivity contribution in [1.29, 1.82) is 0 Å². The third kappa shape index (κ3) is 5.11. The van der Waals surface area contributed by atoms with Gasteiger partial charge in [-0.05, 0) is 136 Å². The SMILES string of the molecule is CCO[C@@H]([C@H]1C[C@@H](C)[C@H]2[C@H](O1)[C@H](O)[C@@]1(C)[C@@H]3CC[C@H]4C(C)(C)[C@@H](O[C@H]5CN(CC6CC7CN(C7)C6)CCO5)CC[C@@]45C[C@@]35CC[C@]21C)C(C)(C)O. The van der Waals surface area contributed by atoms with Gasteiger partial charge in [0.25, 0.3) is 0 Å². The highest BCUT2D eigenvalue weighted by molar-refractivity contribution is 5.33. The van der Waals surface area contributed by atoms with Crippen LogP contribution in [-0.2, 0) is 18.9 Å². The molecule has 51 heavy (non-hydrogen) atoms. The van der Waals surface area contributed by atoms with Crippen LogP contribution in [0.4, 0.5) is 0 Å². The average Bonchev–Trinajstić information content (AvgIpc) is 3.69. The van der Waals surface area contributed by atoms with Gasteiger partial charge in [0.15, 0.2) is 6.29 Å². The van der Waals surface area contributed by atoms with Crippen LogP contribution in [0.1, 0.15) is 113 Å². The molecule has 5 heterocycles. The molecule has 5 aliphatic heterocycles. The molecule has 5 aliphatic carbocycles. The summed E-state index contributed by atoms with van der Waals surface area (Å²) in [5.74, 6) is 3.62. The number of hydrogen-bond donors (Lipinski definition) is 2. The minimum Gasteiger partial charge on any atom is -0.390 e. The van der Waals surface area contributed by atoms with E-state index < -0.39 is 17.8 Å². The van der Waals surface area contributed by atoms with Gasteiger partial charge < -0.3 is 34.1 Å². The van der Waals surface area contributed by atoms with Crippen molar-refractivity contribution in [2.24, 2.45) is 62.6 Å². The molecule has 290 valence electrons. The summed E-state index contributed by atoms with van der Waals surface area (Å²) in [6.45, 7) is 26.5. The normalized spacial score (nSPS) is 54.9. The van der Waals surface area contributed by atoms with E-state index >= 15 is 0 Å². The van der Waals surface area contributed by atoms with E-state index in [1.807, 2.05) is 20.8 Å². The predicted molar refractivity (Wildman–Crippen MR) is 197 cm³/mol. The summed E-state index contributed by atoms with van der Waals surface area (Å²) in [4.78, 5) is 5.28. The molecule has 0 aromatic rings. The third-order valence-corrected chi connectivity index (χ3v) is 18.3. The summed E-state index contributed by atoms with van der Waals surface area (Å²) in [5.41, 5.74) is -0.398. The van der Waals surface area contributed by atoms with Crippen LogP contribution in [0, 0.1) is 62.6 Å². The lowest BCUT2D eigenvalue weighted by Gasteiger charge is -2.64. The Morgan fingerprint density at radius 1 is 0.941 bits per heavy atom. The molecule has 10 fully saturated rings. The van der Waals surface area contributed by atoms with E-state index in [1.165, 1.54) is 71.1 Å². The number of rotatable bonds is 8. The van der Waals surface area contributed by atoms with Gasteiger partial charge in [0.1, 0.15) is 6.10 Å². The molecule has 8 nitrogen and oxygen atoms in total. The van der Waals surface area contributed by atoms with Crippen LogP contribution in [-0.4, -0.2) is 115 Å². The lowest BCUT2D eigenvalue weighted by molar-refractivity contribution is -0.249. The molecular weight excluding hydrogens is 640 g/mol. The van der Waals surface area contributed by atoms with Gasteiger partial charge in [0.05, 0.1) is 36.6 Å². The molecule has 8 heteroatoms. The summed E-state index contributed by atoms with van der Waals surface area (Å²) in [6.07, 6.45) is 9.65. The monoisotopic (exact) mass is 713 g/mol. The van der Waals surface area contributed by atoms with Crippen molar-refractivity contribution < 1.29 is 29.2 Å². The van der Waals surface area contributed by atoms with Crippen LogP contribution in [0.2, 0.25) is 0 Å². The second-order valence-corrected chi connectivity index (χ2v) is 21.5. The molecule has 5 saturated heterocycles. The topological polar surface area (TPSA) is 83.9 Å². The average molecular weight is 713 g/mol. The summed E-state index contributed by atoms with van der Waals surface area (Å²) < 4.78 is 26.5. The number of fused-ring (bicyclic) bond motifs is 6. The Bertz CT molecular complexity index is 1320. The van der Waals surface area contributed by atoms with E-state index in [9.17, 15) is 10.2 Å². The smallest absolute Gasteiger partial charge is 0.170 e. The Morgan fingerprint density at radius 3 is 2.39 bits per heavy atom. The van der Waals surface area contributed by atoms with Gasteiger partial charge in [-0.1, -0.05) is 34.6 Å². The minimum absolute atomic E-state index is 0.0271. The first-order chi connectivity index (χ1) is 24.1. The number of hydrogen-bond acceptors (Lipinski definition) is 8. The molecule has 2 bridgehead atoms. The van der Waals surface area contributed by atoms with Crippen molar-refractivity contribution in [3.8, 4) is 0 Å². The number of aliphatic hydroxyl groups excluding tert-OH is 1. The van der Waals surface area contributed by atoms with Crippen LogP contribution in [0.5, 0.6) is 0 Å². The number of morpholine rings is 1. The maximum atomic E-state index is 12.7. The molecule has 0 amide bonds. The quantitative estimate of drug-likeness (QED) is 0.319. The number of ether oxygens (including phenoxy) is 4. The van der Waals surface area contributed by atoms with Crippen LogP contribution in [0.3, 0.4) is 0 Å². The van der Waals surface area contributed by atoms with Crippen LogP contribution < -0.4 is 0 Å². The first kappa shape index (κ1) is 36.3. The van der Waals surface area contributed by atoms with Crippen molar-refractivity contribution >= 4 is 0 Å². The largest absolute Gasteiger partial charge is 0.390 e. The minimum atomic E-state index is -1.01. The lowest BCUT2D eigenvalue weighted by atomic mass is 9.41. The fourth-order valence-corrected chi connectivity index (χ4v) is 16.2. The van der Waals surface area contributed by atoms with E-state index in [-0.39, 0.29) is 40.8 Å². The number of nitrogens with zero attached hydrogens (tertiary/aromatic N) is 2. The highest BCUT2D eigenvalue weighted by Crippen LogP contribution is 2.89. The Balaban J connectivity index is 0.908. The summed E-state index contributed by atoms with van der Waals surface area (Å²) in [5, 5.41) is 23.8. The van der Waals surface area contributed by atoms with Crippen molar-refractivity contribution in [3.05, 3.63) is 0 Å². The number of piperidine rings is 2. The van der Waals surface area contributed by atoms with Gasteiger partial charge in [0.2, 0.25) is 0 Å². The summed E-state index contributed by atoms with van der Waals surface area (Å²) in [7, 11) is 0.